The number of pyridine rings is 2. The molecule has 0 unspecified atom stereocenters. The molecule has 53 heavy (non-hydrogen) atoms. The van der Waals surface area contributed by atoms with Gasteiger partial charge in [-0.25, -0.2) is 4.79 Å². The van der Waals surface area contributed by atoms with Gasteiger partial charge in [-0.3, -0.25) is 26.9 Å². The first-order chi connectivity index (χ1) is 24.2. The summed E-state index contributed by atoms with van der Waals surface area (Å²) in [5.41, 5.74) is 4.74. The van der Waals surface area contributed by atoms with Crippen LogP contribution in [0.2, 0.25) is 0 Å². The number of halogens is 4. The van der Waals surface area contributed by atoms with Gasteiger partial charge in [-0.05, 0) is 62.1 Å². The fourth-order valence-corrected chi connectivity index (χ4v) is 4.08. The van der Waals surface area contributed by atoms with Crippen LogP contribution in [-0.4, -0.2) is 52.8 Å². The van der Waals surface area contributed by atoms with Crippen molar-refractivity contribution in [3.63, 3.8) is 0 Å². The van der Waals surface area contributed by atoms with E-state index in [-0.39, 0.29) is 62.8 Å². The molecule has 16 heteroatoms. The number of hydrogen-bond acceptors (Lipinski definition) is 7. The molecule has 0 aliphatic rings. The van der Waals surface area contributed by atoms with Gasteiger partial charge < -0.3 is 25.5 Å². The average Bonchev–Trinajstić information content (AvgIpc) is 3.62. The van der Waals surface area contributed by atoms with E-state index in [1.54, 1.807) is 61.4 Å². The smallest absolute Gasteiger partial charge is 0.356 e. The van der Waals surface area contributed by atoms with Crippen LogP contribution in [0.3, 0.4) is 0 Å². The van der Waals surface area contributed by atoms with E-state index in [4.69, 9.17) is 10.2 Å². The Morgan fingerprint density at radius 2 is 1.28 bits per heavy atom. The monoisotopic (exact) mass is 1090 g/mol. The van der Waals surface area contributed by atoms with E-state index in [0.29, 0.717) is 23.6 Å². The number of rotatable bonds is 6. The van der Waals surface area contributed by atoms with E-state index < -0.39 is 29.2 Å². The minimum absolute atomic E-state index is 0. The molecule has 0 amide bonds. The Morgan fingerprint density at radius 1 is 0.774 bits per heavy atom. The number of hydrogen-bond donors (Lipinski definition) is 3. The van der Waals surface area contributed by atoms with Crippen molar-refractivity contribution < 1.29 is 72.8 Å². The molecule has 10 nitrogen and oxygen atoms in total. The molecular weight excluding hydrogens is 1050 g/mol. The zero-order chi connectivity index (χ0) is 37.7. The number of nitrogens with one attached hydrogen (secondary N) is 1. The van der Waals surface area contributed by atoms with Crippen LogP contribution >= 0.6 is 0 Å². The number of benzene rings is 2. The maximum Gasteiger partial charge on any atom is 0.356 e. The summed E-state index contributed by atoms with van der Waals surface area (Å²) in [4.78, 5) is 18.3. The second-order valence-electron chi connectivity index (χ2n) is 10.7. The second kappa shape index (κ2) is 22.3. The Labute approximate surface area is 331 Å². The molecule has 2 radical (unpaired) electrons. The van der Waals surface area contributed by atoms with Gasteiger partial charge in [0.25, 0.3) is 0 Å². The van der Waals surface area contributed by atoms with Crippen molar-refractivity contribution in [2.45, 2.75) is 20.4 Å². The maximum atomic E-state index is 13.5. The van der Waals surface area contributed by atoms with Gasteiger partial charge in [0.2, 0.25) is 0 Å². The number of aryl methyl sites for hydroxylation is 4. The van der Waals surface area contributed by atoms with Crippen molar-refractivity contribution in [3.05, 3.63) is 149 Å². The third kappa shape index (κ3) is 14.2. The first kappa shape index (κ1) is 46.2. The number of aliphatic hydroxyl groups excluding tert-OH is 1. The zero-order valence-electron chi connectivity index (χ0n) is 29.1. The third-order valence-electron chi connectivity index (χ3n) is 6.84. The standard InChI is InChI=1S/C13H11F2N2.C11H6F2N.C7H10N2O.C6H8N2O2.2Ir/c1-16-8-9-4-5-17-13(6-9)11-3-2-10(14)7-12(11)15;12-8-4-5-9(10(13)7-8)11-3-1-2-6-14-11;1-5-4-7(6(2)10)8-9(5)3;1-4-3-5(6(9)10)7-8(4)2;;/h2,4-7,16H,8H2,1H3;1-4,6-7H;4,10H,2H2,1,3H3;3H,1-2H3,(H,9,10);;/q2*-1;;;;. The summed E-state index contributed by atoms with van der Waals surface area (Å²) in [6, 6.07) is 20.9. The van der Waals surface area contributed by atoms with E-state index >= 15 is 0 Å². The minimum atomic E-state index is -0.983. The van der Waals surface area contributed by atoms with Gasteiger partial charge in [-0.1, -0.05) is 48.0 Å². The molecule has 6 rings (SSSR count). The Kier molecular flexibility index (Phi) is 19.4. The van der Waals surface area contributed by atoms with Gasteiger partial charge in [0.15, 0.2) is 5.69 Å². The van der Waals surface area contributed by atoms with Gasteiger partial charge in [-0.2, -0.15) is 10.2 Å². The van der Waals surface area contributed by atoms with Crippen molar-refractivity contribution in [1.82, 2.24) is 34.8 Å². The molecule has 0 aliphatic heterocycles. The second-order valence-corrected chi connectivity index (χ2v) is 10.7. The Bertz CT molecular complexity index is 2000. The number of aliphatic hydroxyl groups is 1. The molecule has 4 aromatic heterocycles. The SMILES string of the molecule is C=C(O)c1cc(C)n(C)n1.CNCc1ccnc(-c2[c-]cc(F)cc2F)c1.Cc1cc(C(=O)O)nn1C.Fc1c[c-]c(-c2ccccn2)c(F)c1.[Ir].[Ir]. The van der Waals surface area contributed by atoms with Gasteiger partial charge >= 0.3 is 5.97 Å². The molecule has 3 N–H and O–H groups in total. The minimum Gasteiger partial charge on any atom is -0.506 e. The van der Waals surface area contributed by atoms with Gasteiger partial charge in [0, 0.05) is 108 Å². The molecule has 284 valence electrons. The molecule has 0 saturated heterocycles. The number of aromatic nitrogens is 6. The molecule has 0 bridgehead atoms. The van der Waals surface area contributed by atoms with Crippen LogP contribution in [0.5, 0.6) is 0 Å². The first-order valence-corrected chi connectivity index (χ1v) is 15.1. The van der Waals surface area contributed by atoms with Crippen molar-refractivity contribution >= 4 is 11.7 Å². The van der Waals surface area contributed by atoms with Gasteiger partial charge in [-0.15, -0.1) is 24.3 Å². The number of aromatic carboxylic acids is 1. The average molecular weight is 1090 g/mol. The van der Waals surface area contributed by atoms with Crippen molar-refractivity contribution in [3.8, 4) is 22.5 Å². The molecule has 0 fully saturated rings. The summed E-state index contributed by atoms with van der Waals surface area (Å²) in [7, 11) is 5.36. The summed E-state index contributed by atoms with van der Waals surface area (Å²) in [5.74, 6) is -3.55. The molecule has 0 spiro atoms. The molecule has 2 aromatic carbocycles. The van der Waals surface area contributed by atoms with Crippen LogP contribution in [0.15, 0.2) is 85.7 Å². The Hall–Kier alpha value is -4.85. The normalized spacial score (nSPS) is 9.75. The van der Waals surface area contributed by atoms with E-state index in [9.17, 15) is 22.4 Å². The van der Waals surface area contributed by atoms with Gasteiger partial charge in [0.1, 0.15) is 11.5 Å². The zero-order valence-corrected chi connectivity index (χ0v) is 33.9. The van der Waals surface area contributed by atoms with Crippen LogP contribution in [0.25, 0.3) is 28.3 Å². The van der Waals surface area contributed by atoms with Crippen molar-refractivity contribution in [1.29, 1.82) is 0 Å². The number of carboxylic acids is 1. The molecule has 0 atom stereocenters. The number of carboxylic acid groups (broad SMARTS) is 1. The molecule has 4 heterocycles. The van der Waals surface area contributed by atoms with Crippen LogP contribution in [-0.2, 0) is 60.9 Å². The van der Waals surface area contributed by atoms with E-state index in [2.05, 4.69) is 44.2 Å². The third-order valence-corrected chi connectivity index (χ3v) is 6.84. The van der Waals surface area contributed by atoms with Crippen LogP contribution in [0.4, 0.5) is 17.6 Å². The van der Waals surface area contributed by atoms with Crippen LogP contribution in [0.1, 0.15) is 33.1 Å². The first-order valence-electron chi connectivity index (χ1n) is 15.1. The van der Waals surface area contributed by atoms with Crippen LogP contribution < -0.4 is 5.32 Å². The molecular formula is C37H35F4Ir2N7O3-2. The summed E-state index contributed by atoms with van der Waals surface area (Å²) in [6.07, 6.45) is 3.14. The van der Waals surface area contributed by atoms with Crippen molar-refractivity contribution in [2.75, 3.05) is 7.05 Å². The van der Waals surface area contributed by atoms with E-state index in [0.717, 1.165) is 41.2 Å². The maximum absolute atomic E-state index is 13.5. The van der Waals surface area contributed by atoms with Crippen molar-refractivity contribution in [2.24, 2.45) is 14.1 Å². The topological polar surface area (TPSA) is 131 Å². The summed E-state index contributed by atoms with van der Waals surface area (Å²) in [6.45, 7) is 7.75. The quantitative estimate of drug-likeness (QED) is 0.0920. The number of carbonyl (C=O) groups is 1. The van der Waals surface area contributed by atoms with Gasteiger partial charge in [0.05, 0.1) is 0 Å². The van der Waals surface area contributed by atoms with E-state index in [1.807, 2.05) is 27.1 Å². The summed E-state index contributed by atoms with van der Waals surface area (Å²) < 4.78 is 55.3. The molecule has 6 aromatic rings. The fourth-order valence-electron chi connectivity index (χ4n) is 4.08. The number of nitrogens with zero attached hydrogens (tertiary/aromatic N) is 6. The Morgan fingerprint density at radius 3 is 1.66 bits per heavy atom. The predicted molar refractivity (Wildman–Crippen MR) is 184 cm³/mol. The van der Waals surface area contributed by atoms with E-state index in [1.165, 1.54) is 10.7 Å². The predicted octanol–water partition coefficient (Wildman–Crippen LogP) is 7.05. The molecule has 0 saturated carbocycles. The summed E-state index contributed by atoms with van der Waals surface area (Å²) in [5, 5.41) is 28.0. The summed E-state index contributed by atoms with van der Waals surface area (Å²) >= 11 is 0. The largest absolute Gasteiger partial charge is 0.506 e. The Balaban J connectivity index is 0.000000358. The molecule has 0 aliphatic carbocycles. The fraction of sp³-hybridized carbons (Fsp3) is 0.162. The van der Waals surface area contributed by atoms with Crippen LogP contribution in [0, 0.1) is 49.2 Å².